The van der Waals surface area contributed by atoms with Crippen LogP contribution in [0.4, 0.5) is 5.82 Å². The average molecular weight is 480 g/mol. The third kappa shape index (κ3) is 7.57. The molecule has 2 atom stereocenters. The number of hydrogen-bond acceptors (Lipinski definition) is 5. The van der Waals surface area contributed by atoms with Gasteiger partial charge in [0.25, 0.3) is 0 Å². The summed E-state index contributed by atoms with van der Waals surface area (Å²) >= 11 is 6.14. The Morgan fingerprint density at radius 2 is 1.68 bits per heavy atom. The fourth-order valence-electron chi connectivity index (χ4n) is 3.58. The molecule has 0 aliphatic carbocycles. The topological polar surface area (TPSA) is 100 Å². The highest BCUT2D eigenvalue weighted by molar-refractivity contribution is 6.30. The van der Waals surface area contributed by atoms with Crippen LogP contribution in [-0.4, -0.2) is 47.9 Å². The van der Waals surface area contributed by atoms with Gasteiger partial charge in [0.05, 0.1) is 6.04 Å². The molecule has 0 unspecified atom stereocenters. The first kappa shape index (κ1) is 25.2. The number of amides is 2. The van der Waals surface area contributed by atoms with E-state index in [1.807, 2.05) is 61.5 Å². The van der Waals surface area contributed by atoms with E-state index < -0.39 is 12.1 Å². The van der Waals surface area contributed by atoms with Crippen LogP contribution in [0.2, 0.25) is 5.02 Å². The molecule has 2 aromatic carbocycles. The number of nitrogens with one attached hydrogen (secondary N) is 2. The highest BCUT2D eigenvalue weighted by Crippen LogP contribution is 2.14. The molecule has 0 fully saturated rings. The zero-order valence-electron chi connectivity index (χ0n) is 19.4. The molecule has 7 nitrogen and oxygen atoms in total. The van der Waals surface area contributed by atoms with E-state index in [1.54, 1.807) is 30.5 Å². The number of likely N-dealkylation sites (N-methyl/N-ethyl adjacent to an activating group) is 1. The second kappa shape index (κ2) is 12.2. The van der Waals surface area contributed by atoms with Gasteiger partial charge < -0.3 is 16.4 Å². The number of rotatable bonds is 10. The molecule has 1 aromatic heterocycles. The van der Waals surface area contributed by atoms with Gasteiger partial charge in [-0.05, 0) is 55.4 Å². The molecule has 0 aliphatic heterocycles. The van der Waals surface area contributed by atoms with Crippen LogP contribution in [-0.2, 0) is 29.0 Å². The molecule has 0 radical (unpaired) electrons. The van der Waals surface area contributed by atoms with Gasteiger partial charge in [-0.15, -0.1) is 0 Å². The standard InChI is InChI=1S/C26H30ClN5O2/c1-32(2)23(15-18-7-4-3-5-8-18)26(34)31-22(14-19-9-6-10-21(27)13-19)25(33)30-17-20-11-12-24(28)29-16-20/h3-13,16,22-23H,14-15,17H2,1-2H3,(H2,28,29)(H,30,33)(H,31,34)/t22-,23+/m0/s1. The molecular weight excluding hydrogens is 450 g/mol. The molecule has 0 bridgehead atoms. The van der Waals surface area contributed by atoms with E-state index in [1.165, 1.54) is 0 Å². The second-order valence-electron chi connectivity index (χ2n) is 8.37. The van der Waals surface area contributed by atoms with Crippen molar-refractivity contribution in [1.29, 1.82) is 0 Å². The van der Waals surface area contributed by atoms with Gasteiger partial charge in [0.2, 0.25) is 11.8 Å². The van der Waals surface area contributed by atoms with Gasteiger partial charge in [-0.2, -0.15) is 0 Å². The lowest BCUT2D eigenvalue weighted by atomic mass is 10.0. The number of anilines is 1. The molecule has 8 heteroatoms. The smallest absolute Gasteiger partial charge is 0.243 e. The van der Waals surface area contributed by atoms with Crippen molar-refractivity contribution >= 4 is 29.2 Å². The second-order valence-corrected chi connectivity index (χ2v) is 8.81. The number of benzene rings is 2. The average Bonchev–Trinajstić information content (AvgIpc) is 2.82. The zero-order valence-corrected chi connectivity index (χ0v) is 20.1. The van der Waals surface area contributed by atoms with E-state index in [4.69, 9.17) is 17.3 Å². The molecule has 0 saturated heterocycles. The van der Waals surface area contributed by atoms with Crippen LogP contribution in [0.1, 0.15) is 16.7 Å². The fraction of sp³-hybridized carbons (Fsp3) is 0.269. The Balaban J connectivity index is 1.74. The van der Waals surface area contributed by atoms with Crippen LogP contribution in [0.15, 0.2) is 72.9 Å². The summed E-state index contributed by atoms with van der Waals surface area (Å²) in [4.78, 5) is 32.3. The molecule has 34 heavy (non-hydrogen) atoms. The molecule has 4 N–H and O–H groups in total. The van der Waals surface area contributed by atoms with Crippen LogP contribution < -0.4 is 16.4 Å². The lowest BCUT2D eigenvalue weighted by Gasteiger charge is -2.26. The highest BCUT2D eigenvalue weighted by atomic mass is 35.5. The van der Waals surface area contributed by atoms with Gasteiger partial charge in [-0.25, -0.2) is 4.98 Å². The van der Waals surface area contributed by atoms with Crippen LogP contribution in [0.25, 0.3) is 0 Å². The van der Waals surface area contributed by atoms with Crippen molar-refractivity contribution in [3.05, 3.63) is 94.6 Å². The first-order chi connectivity index (χ1) is 16.3. The number of nitrogens with zero attached hydrogens (tertiary/aromatic N) is 2. The summed E-state index contributed by atoms with van der Waals surface area (Å²) in [6, 6.07) is 19.4. The maximum atomic E-state index is 13.3. The number of pyridine rings is 1. The van der Waals surface area contributed by atoms with E-state index in [0.29, 0.717) is 23.7 Å². The Kier molecular flexibility index (Phi) is 9.01. The van der Waals surface area contributed by atoms with Gasteiger partial charge in [0.1, 0.15) is 11.9 Å². The normalized spacial score (nSPS) is 12.7. The monoisotopic (exact) mass is 479 g/mol. The van der Waals surface area contributed by atoms with Crippen molar-refractivity contribution in [3.8, 4) is 0 Å². The summed E-state index contributed by atoms with van der Waals surface area (Å²) in [6.45, 7) is 0.273. The Morgan fingerprint density at radius 3 is 2.32 bits per heavy atom. The Morgan fingerprint density at radius 1 is 0.941 bits per heavy atom. The number of carbonyl (C=O) groups excluding carboxylic acids is 2. The number of aromatic nitrogens is 1. The van der Waals surface area contributed by atoms with E-state index in [-0.39, 0.29) is 18.4 Å². The summed E-state index contributed by atoms with van der Waals surface area (Å²) in [6.07, 6.45) is 2.45. The minimum absolute atomic E-state index is 0.217. The summed E-state index contributed by atoms with van der Waals surface area (Å²) < 4.78 is 0. The lowest BCUT2D eigenvalue weighted by molar-refractivity contribution is -0.131. The van der Waals surface area contributed by atoms with E-state index in [0.717, 1.165) is 16.7 Å². The molecule has 0 aliphatic rings. The van der Waals surface area contributed by atoms with E-state index >= 15 is 0 Å². The Hall–Kier alpha value is -3.42. The van der Waals surface area contributed by atoms with Crippen molar-refractivity contribution in [2.45, 2.75) is 31.5 Å². The SMILES string of the molecule is CN(C)[C@H](Cc1ccccc1)C(=O)N[C@@H](Cc1cccc(Cl)c1)C(=O)NCc1ccc(N)nc1. The van der Waals surface area contributed by atoms with Crippen molar-refractivity contribution in [1.82, 2.24) is 20.5 Å². The molecule has 0 spiro atoms. The predicted molar refractivity (Wildman–Crippen MR) is 135 cm³/mol. The van der Waals surface area contributed by atoms with E-state index in [9.17, 15) is 9.59 Å². The first-order valence-corrected chi connectivity index (χ1v) is 11.4. The number of hydrogen-bond donors (Lipinski definition) is 3. The maximum Gasteiger partial charge on any atom is 0.243 e. The van der Waals surface area contributed by atoms with E-state index in [2.05, 4.69) is 15.6 Å². The van der Waals surface area contributed by atoms with Crippen LogP contribution in [0.3, 0.4) is 0 Å². The third-order valence-electron chi connectivity index (χ3n) is 5.47. The van der Waals surface area contributed by atoms with Crippen molar-refractivity contribution in [3.63, 3.8) is 0 Å². The minimum Gasteiger partial charge on any atom is -0.384 e. The lowest BCUT2D eigenvalue weighted by Crippen LogP contribution is -2.53. The molecule has 0 saturated carbocycles. The predicted octanol–water partition coefficient (Wildman–Crippen LogP) is 2.83. The fourth-order valence-corrected chi connectivity index (χ4v) is 3.79. The van der Waals surface area contributed by atoms with Gasteiger partial charge in [-0.3, -0.25) is 14.5 Å². The summed E-state index contributed by atoms with van der Waals surface area (Å²) in [7, 11) is 3.71. The zero-order chi connectivity index (χ0) is 24.5. The number of nitrogen functional groups attached to an aromatic ring is 1. The minimum atomic E-state index is -0.772. The van der Waals surface area contributed by atoms with Crippen molar-refractivity contribution < 1.29 is 9.59 Å². The maximum absolute atomic E-state index is 13.3. The summed E-state index contributed by atoms with van der Waals surface area (Å²) in [5, 5.41) is 6.43. The highest BCUT2D eigenvalue weighted by Gasteiger charge is 2.27. The van der Waals surface area contributed by atoms with Gasteiger partial charge in [0.15, 0.2) is 0 Å². The Bertz CT molecular complexity index is 1090. The molecule has 2 amide bonds. The molecule has 3 aromatic rings. The Labute approximate surface area is 205 Å². The molecule has 3 rings (SSSR count). The summed E-state index contributed by atoms with van der Waals surface area (Å²) in [5.41, 5.74) is 8.34. The van der Waals surface area contributed by atoms with Crippen molar-refractivity contribution in [2.24, 2.45) is 0 Å². The van der Waals surface area contributed by atoms with Crippen LogP contribution in [0, 0.1) is 0 Å². The van der Waals surface area contributed by atoms with Gasteiger partial charge in [-0.1, -0.05) is 60.1 Å². The van der Waals surface area contributed by atoms with Gasteiger partial charge >= 0.3 is 0 Å². The molecule has 1 heterocycles. The van der Waals surface area contributed by atoms with Gasteiger partial charge in [0, 0.05) is 24.2 Å². The van der Waals surface area contributed by atoms with Crippen LogP contribution in [0.5, 0.6) is 0 Å². The van der Waals surface area contributed by atoms with Crippen molar-refractivity contribution in [2.75, 3.05) is 19.8 Å². The quantitative estimate of drug-likeness (QED) is 0.415. The largest absolute Gasteiger partial charge is 0.384 e. The molecular formula is C26H30ClN5O2. The first-order valence-electron chi connectivity index (χ1n) is 11.0. The number of carbonyl (C=O) groups is 2. The summed E-state index contributed by atoms with van der Waals surface area (Å²) in [5.74, 6) is -0.0955. The number of halogens is 1. The third-order valence-corrected chi connectivity index (χ3v) is 5.71. The number of nitrogens with two attached hydrogens (primary N) is 1. The van der Waals surface area contributed by atoms with Crippen LogP contribution >= 0.6 is 11.6 Å². The molecule has 178 valence electrons.